The van der Waals surface area contributed by atoms with E-state index in [1.807, 2.05) is 33.1 Å². The molecule has 1 fully saturated rings. The van der Waals surface area contributed by atoms with E-state index in [0.717, 1.165) is 37.7 Å². The summed E-state index contributed by atoms with van der Waals surface area (Å²) >= 11 is 1.55. The van der Waals surface area contributed by atoms with Gasteiger partial charge in [-0.25, -0.2) is 4.98 Å². The zero-order valence-electron chi connectivity index (χ0n) is 12.8. The topological polar surface area (TPSA) is 40.9 Å². The molecule has 0 unspecified atom stereocenters. The Balaban J connectivity index is 1.37. The molecule has 1 aliphatic rings. The Morgan fingerprint density at radius 1 is 1.13 bits per heavy atom. The average Bonchev–Trinajstić information content (AvgIpc) is 3.17. The molecule has 1 amide bonds. The molecule has 0 spiro atoms. The molecule has 1 saturated heterocycles. The van der Waals surface area contributed by atoms with Crippen molar-refractivity contribution >= 4 is 22.2 Å². The molecule has 5 nitrogen and oxygen atoms in total. The van der Waals surface area contributed by atoms with Crippen molar-refractivity contribution in [3.05, 3.63) is 59.4 Å². The Bertz CT molecular complexity index is 774. The molecule has 0 N–H and O–H groups in total. The molecule has 3 aromatic rings. The van der Waals surface area contributed by atoms with E-state index in [0.29, 0.717) is 5.69 Å². The first-order valence-corrected chi connectivity index (χ1v) is 8.65. The van der Waals surface area contributed by atoms with Crippen LogP contribution in [-0.4, -0.2) is 51.3 Å². The smallest absolute Gasteiger partial charge is 0.274 e. The summed E-state index contributed by atoms with van der Waals surface area (Å²) in [6.07, 6.45) is 3.76. The lowest BCUT2D eigenvalue weighted by molar-refractivity contribution is 0.0623. The maximum Gasteiger partial charge on any atom is 0.274 e. The molecule has 4 rings (SSSR count). The molecule has 23 heavy (non-hydrogen) atoms. The van der Waals surface area contributed by atoms with E-state index in [1.54, 1.807) is 11.3 Å². The summed E-state index contributed by atoms with van der Waals surface area (Å²) in [5, 5.41) is 1.97. The van der Waals surface area contributed by atoms with E-state index in [2.05, 4.69) is 34.1 Å². The molecule has 6 heteroatoms. The van der Waals surface area contributed by atoms with E-state index in [-0.39, 0.29) is 5.91 Å². The average molecular weight is 326 g/mol. The second-order valence-corrected chi connectivity index (χ2v) is 6.65. The van der Waals surface area contributed by atoms with Crippen LogP contribution in [0, 0.1) is 0 Å². The van der Waals surface area contributed by atoms with Crippen molar-refractivity contribution < 1.29 is 4.79 Å². The van der Waals surface area contributed by atoms with Crippen molar-refractivity contribution in [2.75, 3.05) is 26.2 Å². The molecule has 2 aromatic heterocycles. The molecule has 0 bridgehead atoms. The van der Waals surface area contributed by atoms with Crippen LogP contribution in [0.5, 0.6) is 0 Å². The number of fused-ring (bicyclic) bond motifs is 1. The van der Waals surface area contributed by atoms with E-state index in [1.165, 1.54) is 5.56 Å². The van der Waals surface area contributed by atoms with Crippen LogP contribution in [0.4, 0.5) is 0 Å². The summed E-state index contributed by atoms with van der Waals surface area (Å²) in [5.41, 5.74) is 1.87. The minimum absolute atomic E-state index is 0.0419. The second kappa shape index (κ2) is 6.14. The highest BCUT2D eigenvalue weighted by Crippen LogP contribution is 2.15. The van der Waals surface area contributed by atoms with E-state index in [4.69, 9.17) is 0 Å². The third-order valence-electron chi connectivity index (χ3n) is 4.22. The fourth-order valence-electron chi connectivity index (χ4n) is 2.94. The Morgan fingerprint density at radius 2 is 1.91 bits per heavy atom. The monoisotopic (exact) mass is 326 g/mol. The quantitative estimate of drug-likeness (QED) is 0.742. The first-order valence-electron chi connectivity index (χ1n) is 7.77. The van der Waals surface area contributed by atoms with Crippen molar-refractivity contribution in [3.8, 4) is 0 Å². The highest BCUT2D eigenvalue weighted by atomic mass is 32.1. The van der Waals surface area contributed by atoms with Crippen LogP contribution in [0.3, 0.4) is 0 Å². The lowest BCUT2D eigenvalue weighted by Gasteiger charge is -2.34. The van der Waals surface area contributed by atoms with Gasteiger partial charge in [-0.2, -0.15) is 0 Å². The molecule has 0 radical (unpaired) electrons. The van der Waals surface area contributed by atoms with Crippen LogP contribution in [0.25, 0.3) is 4.96 Å². The zero-order valence-corrected chi connectivity index (χ0v) is 13.6. The number of piperazine rings is 1. The number of nitrogens with zero attached hydrogens (tertiary/aromatic N) is 4. The van der Waals surface area contributed by atoms with Crippen molar-refractivity contribution in [2.24, 2.45) is 0 Å². The normalized spacial score (nSPS) is 16.1. The summed E-state index contributed by atoms with van der Waals surface area (Å²) < 4.78 is 1.91. The SMILES string of the molecule is O=C(c1cn2ccsc2n1)N1CCN(Cc2ccccc2)CC1. The molecular formula is C17H18N4OS. The number of carbonyl (C=O) groups is 1. The minimum Gasteiger partial charge on any atom is -0.335 e. The molecule has 3 heterocycles. The van der Waals surface area contributed by atoms with E-state index < -0.39 is 0 Å². The van der Waals surface area contributed by atoms with Gasteiger partial charge >= 0.3 is 0 Å². The maximum absolute atomic E-state index is 12.6. The Morgan fingerprint density at radius 3 is 2.65 bits per heavy atom. The molecule has 1 aliphatic heterocycles. The number of imidazole rings is 1. The largest absolute Gasteiger partial charge is 0.335 e. The molecular weight excluding hydrogens is 308 g/mol. The predicted octanol–water partition coefficient (Wildman–Crippen LogP) is 2.35. The van der Waals surface area contributed by atoms with Gasteiger partial charge < -0.3 is 4.90 Å². The third-order valence-corrected chi connectivity index (χ3v) is 4.99. The van der Waals surface area contributed by atoms with Gasteiger partial charge in [0.25, 0.3) is 5.91 Å². The number of amides is 1. The first-order chi connectivity index (χ1) is 11.3. The standard InChI is InChI=1S/C17H18N4OS/c22-16(15-13-21-10-11-23-17(21)18-15)20-8-6-19(7-9-20)12-14-4-2-1-3-5-14/h1-5,10-11,13H,6-9,12H2. The predicted molar refractivity (Wildman–Crippen MR) is 90.7 cm³/mol. The maximum atomic E-state index is 12.6. The van der Waals surface area contributed by atoms with Crippen molar-refractivity contribution in [1.82, 2.24) is 19.2 Å². The van der Waals surface area contributed by atoms with Crippen molar-refractivity contribution in [1.29, 1.82) is 0 Å². The van der Waals surface area contributed by atoms with Gasteiger partial charge in [0, 0.05) is 50.5 Å². The van der Waals surface area contributed by atoms with Gasteiger partial charge in [0.15, 0.2) is 4.96 Å². The van der Waals surface area contributed by atoms with Gasteiger partial charge in [-0.05, 0) is 5.56 Å². The summed E-state index contributed by atoms with van der Waals surface area (Å²) in [4.78, 5) is 22.2. The highest BCUT2D eigenvalue weighted by Gasteiger charge is 2.24. The molecule has 0 aliphatic carbocycles. The summed E-state index contributed by atoms with van der Waals surface area (Å²) in [6.45, 7) is 4.28. The number of aromatic nitrogens is 2. The van der Waals surface area contributed by atoms with E-state index in [9.17, 15) is 4.79 Å². The van der Waals surface area contributed by atoms with Gasteiger partial charge in [-0.3, -0.25) is 14.1 Å². The number of thiazole rings is 1. The fraction of sp³-hybridized carbons (Fsp3) is 0.294. The van der Waals surface area contributed by atoms with Crippen molar-refractivity contribution in [2.45, 2.75) is 6.54 Å². The van der Waals surface area contributed by atoms with Crippen molar-refractivity contribution in [3.63, 3.8) is 0 Å². The molecule has 1 aromatic carbocycles. The van der Waals surface area contributed by atoms with E-state index >= 15 is 0 Å². The van der Waals surface area contributed by atoms with Crippen LogP contribution < -0.4 is 0 Å². The van der Waals surface area contributed by atoms with Crippen LogP contribution in [-0.2, 0) is 6.54 Å². The molecule has 0 atom stereocenters. The summed E-state index contributed by atoms with van der Waals surface area (Å²) in [7, 11) is 0. The van der Waals surface area contributed by atoms with Gasteiger partial charge in [0.1, 0.15) is 5.69 Å². The fourth-order valence-corrected chi connectivity index (χ4v) is 3.64. The molecule has 118 valence electrons. The number of carbonyl (C=O) groups excluding carboxylic acids is 1. The number of benzene rings is 1. The van der Waals surface area contributed by atoms with Gasteiger partial charge in [0.2, 0.25) is 0 Å². The number of rotatable bonds is 3. The van der Waals surface area contributed by atoms with Crippen LogP contribution in [0.2, 0.25) is 0 Å². The summed E-state index contributed by atoms with van der Waals surface area (Å²) in [5.74, 6) is 0.0419. The van der Waals surface area contributed by atoms with Crippen LogP contribution in [0.1, 0.15) is 16.1 Å². The Hall–Kier alpha value is -2.18. The van der Waals surface area contributed by atoms with Crippen LogP contribution in [0.15, 0.2) is 48.1 Å². The summed E-state index contributed by atoms with van der Waals surface area (Å²) in [6, 6.07) is 10.5. The lowest BCUT2D eigenvalue weighted by Crippen LogP contribution is -2.48. The first kappa shape index (κ1) is 14.4. The Labute approximate surface area is 138 Å². The Kier molecular flexibility index (Phi) is 3.85. The number of hydrogen-bond acceptors (Lipinski definition) is 4. The van der Waals surface area contributed by atoms with Gasteiger partial charge in [-0.15, -0.1) is 11.3 Å². The zero-order chi connectivity index (χ0) is 15.6. The second-order valence-electron chi connectivity index (χ2n) is 5.77. The number of hydrogen-bond donors (Lipinski definition) is 0. The lowest BCUT2D eigenvalue weighted by atomic mass is 10.2. The molecule has 0 saturated carbocycles. The van der Waals surface area contributed by atoms with Gasteiger partial charge in [-0.1, -0.05) is 30.3 Å². The minimum atomic E-state index is 0.0419. The van der Waals surface area contributed by atoms with Crippen LogP contribution >= 0.6 is 11.3 Å². The third kappa shape index (κ3) is 3.00. The highest BCUT2D eigenvalue weighted by molar-refractivity contribution is 7.15. The van der Waals surface area contributed by atoms with Gasteiger partial charge in [0.05, 0.1) is 0 Å².